The van der Waals surface area contributed by atoms with Gasteiger partial charge >= 0.3 is 0 Å². The molecule has 0 unspecified atom stereocenters. The summed E-state index contributed by atoms with van der Waals surface area (Å²) in [7, 11) is 0. The van der Waals surface area contributed by atoms with E-state index in [2.05, 4.69) is 10.6 Å². The van der Waals surface area contributed by atoms with Gasteiger partial charge in [0, 0.05) is 6.54 Å². The van der Waals surface area contributed by atoms with Crippen molar-refractivity contribution in [2.75, 3.05) is 13.2 Å². The van der Waals surface area contributed by atoms with Crippen LogP contribution in [0, 0.1) is 13.8 Å². The number of carbonyl (C=O) groups is 2. The largest absolute Gasteiger partial charge is 0.483 e. The number of amides is 2. The Bertz CT molecular complexity index is 528. The van der Waals surface area contributed by atoms with Crippen molar-refractivity contribution in [2.24, 2.45) is 0 Å². The van der Waals surface area contributed by atoms with Crippen LogP contribution in [0.4, 0.5) is 0 Å². The van der Waals surface area contributed by atoms with Crippen molar-refractivity contribution in [1.29, 1.82) is 0 Å². The molecule has 0 aromatic heterocycles. The molecule has 2 N–H and O–H groups in total. The molecule has 5 nitrogen and oxygen atoms in total. The van der Waals surface area contributed by atoms with Gasteiger partial charge in [-0.3, -0.25) is 9.59 Å². The number of benzene rings is 1. The first kappa shape index (κ1) is 15.4. The number of aryl methyl sites for hydroxylation is 2. The van der Waals surface area contributed by atoms with Gasteiger partial charge in [0.25, 0.3) is 5.91 Å². The van der Waals surface area contributed by atoms with Crippen molar-refractivity contribution >= 4 is 11.8 Å². The average Bonchev–Trinajstić information content (AvgIpc) is 2.65. The monoisotopic (exact) mass is 290 g/mol. The van der Waals surface area contributed by atoms with Crippen LogP contribution in [0.2, 0.25) is 0 Å². The van der Waals surface area contributed by atoms with Crippen molar-refractivity contribution in [3.8, 4) is 5.75 Å². The lowest BCUT2D eigenvalue weighted by molar-refractivity contribution is -0.129. The van der Waals surface area contributed by atoms with E-state index in [4.69, 9.17) is 4.74 Å². The Labute approximate surface area is 125 Å². The normalized spacial score (nSPS) is 18.6. The van der Waals surface area contributed by atoms with Gasteiger partial charge in [-0.2, -0.15) is 0 Å². The number of rotatable bonds is 4. The molecule has 1 fully saturated rings. The van der Waals surface area contributed by atoms with Crippen molar-refractivity contribution < 1.29 is 14.3 Å². The minimum atomic E-state index is -0.442. The van der Waals surface area contributed by atoms with Crippen LogP contribution in [0.1, 0.15) is 30.4 Å². The van der Waals surface area contributed by atoms with E-state index >= 15 is 0 Å². The molecule has 1 aromatic carbocycles. The number of hydrogen-bond acceptors (Lipinski definition) is 3. The molecule has 0 aliphatic carbocycles. The highest BCUT2D eigenvalue weighted by molar-refractivity contribution is 5.88. The van der Waals surface area contributed by atoms with Crippen LogP contribution < -0.4 is 15.4 Å². The van der Waals surface area contributed by atoms with Crippen LogP contribution in [0.15, 0.2) is 18.2 Å². The summed E-state index contributed by atoms with van der Waals surface area (Å²) in [5.41, 5.74) is 2.07. The maximum absolute atomic E-state index is 11.9. The summed E-state index contributed by atoms with van der Waals surface area (Å²) in [5.74, 6) is 0.334. The minimum absolute atomic E-state index is 0.0753. The molecule has 2 rings (SSSR count). The highest BCUT2D eigenvalue weighted by Crippen LogP contribution is 2.18. The molecule has 0 saturated carbocycles. The first-order chi connectivity index (χ1) is 10.1. The maximum atomic E-state index is 11.9. The maximum Gasteiger partial charge on any atom is 0.258 e. The van der Waals surface area contributed by atoms with E-state index in [1.165, 1.54) is 0 Å². The van der Waals surface area contributed by atoms with Gasteiger partial charge in [0.05, 0.1) is 0 Å². The standard InChI is InChI=1S/C16H22N2O3/c1-11-6-7-12(2)14(9-11)21-10-15(19)18-13-5-3-4-8-17-16(13)20/h6-7,9,13H,3-5,8,10H2,1-2H3,(H,17,20)(H,18,19)/t13-/m1/s1. The van der Waals surface area contributed by atoms with Crippen molar-refractivity contribution in [3.63, 3.8) is 0 Å². The second-order valence-corrected chi connectivity index (χ2v) is 5.46. The number of carbonyl (C=O) groups excluding carboxylic acids is 2. The van der Waals surface area contributed by atoms with Crippen LogP contribution in [0.5, 0.6) is 5.75 Å². The summed E-state index contributed by atoms with van der Waals surface area (Å²) >= 11 is 0. The Morgan fingerprint density at radius 2 is 2.19 bits per heavy atom. The van der Waals surface area contributed by atoms with Gasteiger partial charge in [0.1, 0.15) is 11.8 Å². The van der Waals surface area contributed by atoms with E-state index in [1.807, 2.05) is 32.0 Å². The van der Waals surface area contributed by atoms with Crippen LogP contribution >= 0.6 is 0 Å². The van der Waals surface area contributed by atoms with Gasteiger partial charge in [-0.15, -0.1) is 0 Å². The third-order valence-electron chi connectivity index (χ3n) is 3.57. The second-order valence-electron chi connectivity index (χ2n) is 5.46. The highest BCUT2D eigenvalue weighted by Gasteiger charge is 2.22. The van der Waals surface area contributed by atoms with Crippen LogP contribution in [-0.4, -0.2) is 31.0 Å². The lowest BCUT2D eigenvalue weighted by atomic mass is 10.1. The third-order valence-corrected chi connectivity index (χ3v) is 3.57. The summed E-state index contributed by atoms with van der Waals surface area (Å²) in [6.07, 6.45) is 2.57. The molecule has 1 aromatic rings. The Balaban J connectivity index is 1.86. The van der Waals surface area contributed by atoms with E-state index < -0.39 is 6.04 Å². The summed E-state index contributed by atoms with van der Waals surface area (Å²) in [4.78, 5) is 23.7. The fourth-order valence-corrected chi connectivity index (χ4v) is 2.32. The molecule has 1 aliphatic heterocycles. The number of nitrogens with one attached hydrogen (secondary N) is 2. The Morgan fingerprint density at radius 1 is 1.38 bits per heavy atom. The zero-order chi connectivity index (χ0) is 15.2. The molecular weight excluding hydrogens is 268 g/mol. The Morgan fingerprint density at radius 3 is 3.00 bits per heavy atom. The van der Waals surface area contributed by atoms with Gasteiger partial charge in [-0.25, -0.2) is 0 Å². The predicted molar refractivity (Wildman–Crippen MR) is 80.2 cm³/mol. The fourth-order valence-electron chi connectivity index (χ4n) is 2.32. The van der Waals surface area contributed by atoms with Gasteiger partial charge in [-0.1, -0.05) is 12.1 Å². The van der Waals surface area contributed by atoms with E-state index in [0.717, 1.165) is 24.0 Å². The molecule has 21 heavy (non-hydrogen) atoms. The Kier molecular flexibility index (Phi) is 5.20. The third kappa shape index (κ3) is 4.48. The van der Waals surface area contributed by atoms with E-state index in [9.17, 15) is 9.59 Å². The van der Waals surface area contributed by atoms with Crippen molar-refractivity contribution in [3.05, 3.63) is 29.3 Å². The molecule has 1 aliphatic rings. The Hall–Kier alpha value is -2.04. The van der Waals surface area contributed by atoms with Gasteiger partial charge in [0.2, 0.25) is 5.91 Å². The quantitative estimate of drug-likeness (QED) is 0.882. The molecule has 0 spiro atoms. The zero-order valence-electron chi connectivity index (χ0n) is 12.6. The first-order valence-corrected chi connectivity index (χ1v) is 7.33. The van der Waals surface area contributed by atoms with Gasteiger partial charge in [-0.05, 0) is 50.3 Å². The van der Waals surface area contributed by atoms with E-state index in [1.54, 1.807) is 0 Å². The summed E-state index contributed by atoms with van der Waals surface area (Å²) in [5, 5.41) is 5.53. The fraction of sp³-hybridized carbons (Fsp3) is 0.500. The van der Waals surface area contributed by atoms with E-state index in [0.29, 0.717) is 18.7 Å². The lowest BCUT2D eigenvalue weighted by Crippen LogP contribution is -2.46. The van der Waals surface area contributed by atoms with Crippen LogP contribution in [-0.2, 0) is 9.59 Å². The molecular formula is C16H22N2O3. The van der Waals surface area contributed by atoms with Crippen molar-refractivity contribution in [2.45, 2.75) is 39.2 Å². The molecule has 1 heterocycles. The molecule has 114 valence electrons. The summed E-state index contributed by atoms with van der Waals surface area (Å²) < 4.78 is 5.54. The van der Waals surface area contributed by atoms with Crippen LogP contribution in [0.3, 0.4) is 0 Å². The minimum Gasteiger partial charge on any atom is -0.483 e. The molecule has 0 bridgehead atoms. The average molecular weight is 290 g/mol. The van der Waals surface area contributed by atoms with E-state index in [-0.39, 0.29) is 18.4 Å². The second kappa shape index (κ2) is 7.11. The lowest BCUT2D eigenvalue weighted by Gasteiger charge is -2.16. The van der Waals surface area contributed by atoms with Gasteiger partial charge < -0.3 is 15.4 Å². The molecule has 1 atom stereocenters. The predicted octanol–water partition coefficient (Wildman–Crippen LogP) is 1.47. The summed E-state index contributed by atoms with van der Waals surface area (Å²) in [6, 6.07) is 5.42. The molecule has 5 heteroatoms. The molecule has 1 saturated heterocycles. The van der Waals surface area contributed by atoms with Gasteiger partial charge in [0.15, 0.2) is 6.61 Å². The van der Waals surface area contributed by atoms with Crippen molar-refractivity contribution in [1.82, 2.24) is 10.6 Å². The number of ether oxygens (including phenoxy) is 1. The number of hydrogen-bond donors (Lipinski definition) is 2. The molecule has 2 amide bonds. The molecule has 0 radical (unpaired) electrons. The first-order valence-electron chi connectivity index (χ1n) is 7.33. The SMILES string of the molecule is Cc1ccc(C)c(OCC(=O)N[C@@H]2CCCCNC2=O)c1. The zero-order valence-corrected chi connectivity index (χ0v) is 12.6. The topological polar surface area (TPSA) is 67.4 Å². The highest BCUT2D eigenvalue weighted by atomic mass is 16.5. The smallest absolute Gasteiger partial charge is 0.258 e. The van der Waals surface area contributed by atoms with Crippen LogP contribution in [0.25, 0.3) is 0 Å². The summed E-state index contributed by atoms with van der Waals surface area (Å²) in [6.45, 7) is 4.52.